The Kier molecular flexibility index (Phi) is 14.1. The van der Waals surface area contributed by atoms with Gasteiger partial charge in [0.25, 0.3) is 0 Å². The van der Waals surface area contributed by atoms with Gasteiger partial charge in [0.05, 0.1) is 32.3 Å². The summed E-state index contributed by atoms with van der Waals surface area (Å²) in [4.78, 5) is 59.7. The van der Waals surface area contributed by atoms with Gasteiger partial charge in [0, 0.05) is 25.2 Å². The van der Waals surface area contributed by atoms with E-state index in [-0.39, 0.29) is 42.8 Å². The molecule has 1 saturated carbocycles. The SMILES string of the molecule is CCC(=O)N[C@@H](Cc1nc2cccc(Cl)c2s1)C(=O)N[C@H](C(=O)C[C@@H](CCCCN)C(=O)NC(c1ccccc1)c1ccccc1)C1CCCC1. The smallest absolute Gasteiger partial charge is 0.243 e. The topological polar surface area (TPSA) is 143 Å². The largest absolute Gasteiger partial charge is 0.345 e. The van der Waals surface area contributed by atoms with Gasteiger partial charge in [0.2, 0.25) is 17.7 Å². The van der Waals surface area contributed by atoms with Crippen LogP contribution in [0.4, 0.5) is 0 Å². The zero-order chi connectivity index (χ0) is 36.2. The van der Waals surface area contributed by atoms with Crippen LogP contribution in [0.1, 0.15) is 86.9 Å². The van der Waals surface area contributed by atoms with Crippen molar-refractivity contribution in [1.29, 1.82) is 0 Å². The Morgan fingerprint density at radius 2 is 1.53 bits per heavy atom. The van der Waals surface area contributed by atoms with E-state index in [9.17, 15) is 19.2 Å². The first-order valence-corrected chi connectivity index (χ1v) is 19.2. The molecular weight excluding hydrogens is 682 g/mol. The van der Waals surface area contributed by atoms with Crippen molar-refractivity contribution in [2.75, 3.05) is 6.54 Å². The number of rotatable bonds is 18. The van der Waals surface area contributed by atoms with Crippen molar-refractivity contribution < 1.29 is 19.2 Å². The fraction of sp³-hybridized carbons (Fsp3) is 0.425. The summed E-state index contributed by atoms with van der Waals surface area (Å²) in [6.45, 7) is 2.22. The van der Waals surface area contributed by atoms with Gasteiger partial charge in [-0.2, -0.15) is 0 Å². The predicted molar refractivity (Wildman–Crippen MR) is 203 cm³/mol. The predicted octanol–water partition coefficient (Wildman–Crippen LogP) is 6.67. The maximum Gasteiger partial charge on any atom is 0.243 e. The zero-order valence-corrected chi connectivity index (χ0v) is 30.7. The van der Waals surface area contributed by atoms with Gasteiger partial charge >= 0.3 is 0 Å². The molecule has 1 aromatic heterocycles. The molecule has 0 saturated heterocycles. The highest BCUT2D eigenvalue weighted by Crippen LogP contribution is 2.32. The first-order valence-electron chi connectivity index (χ1n) is 18.0. The van der Waals surface area contributed by atoms with Gasteiger partial charge in [-0.1, -0.05) is 105 Å². The number of nitrogens with two attached hydrogens (primary N) is 1. The van der Waals surface area contributed by atoms with E-state index in [1.54, 1.807) is 13.0 Å². The average molecular weight is 730 g/mol. The van der Waals surface area contributed by atoms with Crippen LogP contribution < -0.4 is 21.7 Å². The van der Waals surface area contributed by atoms with Crippen LogP contribution in [0.2, 0.25) is 5.02 Å². The summed E-state index contributed by atoms with van der Waals surface area (Å²) in [6.07, 6.45) is 5.78. The number of hydrogen-bond donors (Lipinski definition) is 4. The minimum Gasteiger partial charge on any atom is -0.345 e. The molecule has 3 atom stereocenters. The summed E-state index contributed by atoms with van der Waals surface area (Å²) in [5, 5.41) is 10.4. The summed E-state index contributed by atoms with van der Waals surface area (Å²) in [5.41, 5.74) is 8.42. The molecule has 0 radical (unpaired) electrons. The Bertz CT molecular complexity index is 1720. The number of unbranched alkanes of at least 4 members (excludes halogenated alkanes) is 1. The number of carbonyl (C=O) groups is 4. The molecule has 270 valence electrons. The van der Waals surface area contributed by atoms with E-state index < -0.39 is 30.0 Å². The number of benzene rings is 3. The number of ketones is 1. The third kappa shape index (κ3) is 10.5. The van der Waals surface area contributed by atoms with E-state index in [1.807, 2.05) is 72.8 Å². The standard InChI is InChI=1S/C40H48ClN5O4S/c1-2-34(48)43-32(25-35-44-31-22-13-21-30(41)38(31)51-35)40(50)46-37(28-18-9-10-19-28)33(47)24-29(20-11-12-23-42)39(49)45-36(26-14-5-3-6-15-26)27-16-7-4-8-17-27/h3-8,13-17,21-22,28-29,32,36-37H,2,9-12,18-20,23-25,42H2,1H3,(H,43,48)(H,45,49)(H,46,50)/t29-,32+,37+/m1/s1. The summed E-state index contributed by atoms with van der Waals surface area (Å²) in [7, 11) is 0. The summed E-state index contributed by atoms with van der Waals surface area (Å²) in [6, 6.07) is 22.9. The van der Waals surface area contributed by atoms with Crippen LogP contribution in [-0.4, -0.2) is 47.1 Å². The minimum atomic E-state index is -0.936. The number of carbonyl (C=O) groups excluding carboxylic acids is 4. The lowest BCUT2D eigenvalue weighted by Gasteiger charge is -2.28. The number of hydrogen-bond acceptors (Lipinski definition) is 7. The van der Waals surface area contributed by atoms with Gasteiger partial charge in [-0.3, -0.25) is 19.2 Å². The van der Waals surface area contributed by atoms with E-state index in [4.69, 9.17) is 17.3 Å². The normalized spacial score (nSPS) is 15.0. The second-order valence-corrected chi connectivity index (χ2v) is 14.8. The third-order valence-corrected chi connectivity index (χ3v) is 11.2. The van der Waals surface area contributed by atoms with Crippen molar-refractivity contribution in [3.63, 3.8) is 0 Å². The minimum absolute atomic E-state index is 0.0174. The Balaban J connectivity index is 1.36. The number of fused-ring (bicyclic) bond motifs is 1. The van der Waals surface area contributed by atoms with Crippen LogP contribution >= 0.6 is 22.9 Å². The maximum atomic E-state index is 14.3. The van der Waals surface area contributed by atoms with Crippen molar-refractivity contribution in [2.24, 2.45) is 17.6 Å². The van der Waals surface area contributed by atoms with Gasteiger partial charge in [0.15, 0.2) is 5.78 Å². The molecule has 1 aliphatic rings. The van der Waals surface area contributed by atoms with Crippen LogP contribution in [0.15, 0.2) is 78.9 Å². The number of aromatic nitrogens is 1. The number of nitrogens with one attached hydrogen (secondary N) is 3. The molecule has 0 spiro atoms. The molecule has 1 heterocycles. The van der Waals surface area contributed by atoms with Crippen LogP contribution in [-0.2, 0) is 25.6 Å². The van der Waals surface area contributed by atoms with Crippen molar-refractivity contribution in [3.8, 4) is 0 Å². The van der Waals surface area contributed by atoms with Crippen molar-refractivity contribution in [1.82, 2.24) is 20.9 Å². The van der Waals surface area contributed by atoms with E-state index in [2.05, 4.69) is 20.9 Å². The second kappa shape index (κ2) is 18.9. The lowest BCUT2D eigenvalue weighted by molar-refractivity contribution is -0.134. The Morgan fingerprint density at radius 3 is 2.14 bits per heavy atom. The van der Waals surface area contributed by atoms with Gasteiger partial charge < -0.3 is 21.7 Å². The number of nitrogens with zero attached hydrogens (tertiary/aromatic N) is 1. The maximum absolute atomic E-state index is 14.3. The van der Waals surface area contributed by atoms with Gasteiger partial charge in [0.1, 0.15) is 6.04 Å². The second-order valence-electron chi connectivity index (χ2n) is 13.3. The third-order valence-electron chi connectivity index (χ3n) is 9.66. The molecule has 51 heavy (non-hydrogen) atoms. The van der Waals surface area contributed by atoms with Gasteiger partial charge in [-0.25, -0.2) is 4.98 Å². The monoisotopic (exact) mass is 729 g/mol. The first-order chi connectivity index (χ1) is 24.8. The molecule has 11 heteroatoms. The number of halogens is 1. The van der Waals surface area contributed by atoms with Crippen molar-refractivity contribution in [2.45, 2.75) is 89.3 Å². The Labute approximate surface area is 309 Å². The van der Waals surface area contributed by atoms with E-state index in [1.165, 1.54) is 11.3 Å². The lowest BCUT2D eigenvalue weighted by atomic mass is 9.86. The van der Waals surface area contributed by atoms with Crippen LogP contribution in [0.3, 0.4) is 0 Å². The quantitative estimate of drug-likeness (QED) is 0.0843. The molecular formula is C40H48ClN5O4S. The molecule has 1 aliphatic carbocycles. The molecule has 3 amide bonds. The molecule has 3 aromatic carbocycles. The average Bonchev–Trinajstić information content (AvgIpc) is 3.84. The number of thiazole rings is 1. The zero-order valence-electron chi connectivity index (χ0n) is 29.1. The van der Waals surface area contributed by atoms with Crippen LogP contribution in [0.5, 0.6) is 0 Å². The van der Waals surface area contributed by atoms with Gasteiger partial charge in [-0.05, 0) is 61.4 Å². The van der Waals surface area contributed by atoms with E-state index in [0.717, 1.165) is 53.4 Å². The van der Waals surface area contributed by atoms with Crippen molar-refractivity contribution in [3.05, 3.63) is 100 Å². The highest BCUT2D eigenvalue weighted by Gasteiger charge is 2.36. The Hall–Kier alpha value is -4.12. The fourth-order valence-electron chi connectivity index (χ4n) is 6.88. The Morgan fingerprint density at radius 1 is 0.863 bits per heavy atom. The fourth-order valence-corrected chi connectivity index (χ4v) is 8.17. The van der Waals surface area contributed by atoms with Gasteiger partial charge in [-0.15, -0.1) is 11.3 Å². The molecule has 0 bridgehead atoms. The van der Waals surface area contributed by atoms with Crippen LogP contribution in [0, 0.1) is 11.8 Å². The molecule has 4 aromatic rings. The lowest BCUT2D eigenvalue weighted by Crippen LogP contribution is -2.54. The van der Waals surface area contributed by atoms with Crippen molar-refractivity contribution >= 4 is 56.7 Å². The highest BCUT2D eigenvalue weighted by molar-refractivity contribution is 7.19. The summed E-state index contributed by atoms with van der Waals surface area (Å²) >= 11 is 7.78. The summed E-state index contributed by atoms with van der Waals surface area (Å²) < 4.78 is 0.815. The van der Waals surface area contributed by atoms with E-state index >= 15 is 0 Å². The highest BCUT2D eigenvalue weighted by atomic mass is 35.5. The van der Waals surface area contributed by atoms with E-state index in [0.29, 0.717) is 29.4 Å². The van der Waals surface area contributed by atoms with Crippen LogP contribution in [0.25, 0.3) is 10.2 Å². The molecule has 0 aliphatic heterocycles. The number of Topliss-reactive ketones (excluding diaryl/α,β-unsaturated/α-hetero) is 1. The number of amides is 3. The molecule has 5 rings (SSSR count). The molecule has 9 nitrogen and oxygen atoms in total. The molecule has 5 N–H and O–H groups in total. The summed E-state index contributed by atoms with van der Waals surface area (Å²) in [5.74, 6) is -1.77. The molecule has 0 unspecified atom stereocenters. The first kappa shape index (κ1) is 38.1. The molecule has 1 fully saturated rings.